The zero-order valence-electron chi connectivity index (χ0n) is 10.7. The first kappa shape index (κ1) is 12.8. The third-order valence-electron chi connectivity index (χ3n) is 3.21. The normalized spacial score (nSPS) is 12.4. The lowest BCUT2D eigenvalue weighted by atomic mass is 9.96. The van der Waals surface area contributed by atoms with Gasteiger partial charge in [0.05, 0.1) is 0 Å². The summed E-state index contributed by atoms with van der Waals surface area (Å²) in [5.74, 6) is -0.318. The van der Waals surface area contributed by atoms with Gasteiger partial charge in [-0.2, -0.15) is 0 Å². The Labute approximate surface area is 107 Å². The minimum atomic E-state index is -0.771. The number of aliphatic hydroxyl groups excluding tert-OH is 1. The van der Waals surface area contributed by atoms with Crippen molar-refractivity contribution in [3.8, 4) is 0 Å². The Morgan fingerprint density at radius 1 is 1.17 bits per heavy atom. The molecule has 0 amide bonds. The van der Waals surface area contributed by atoms with E-state index in [4.69, 9.17) is 0 Å². The van der Waals surface area contributed by atoms with Gasteiger partial charge in [-0.05, 0) is 47.7 Å². The predicted octanol–water partition coefficient (Wildman–Crippen LogP) is 3.78. The van der Waals surface area contributed by atoms with E-state index < -0.39 is 6.10 Å². The number of aliphatic hydroxyl groups is 1. The Balaban J connectivity index is 2.40. The van der Waals surface area contributed by atoms with E-state index in [1.54, 1.807) is 6.07 Å². The summed E-state index contributed by atoms with van der Waals surface area (Å²) in [4.78, 5) is 0. The molecule has 2 rings (SSSR count). The Hall–Kier alpha value is -1.67. The Bertz CT molecular complexity index is 549. The predicted molar refractivity (Wildman–Crippen MR) is 71.0 cm³/mol. The van der Waals surface area contributed by atoms with Crippen LogP contribution in [-0.4, -0.2) is 5.11 Å². The number of halogens is 1. The lowest BCUT2D eigenvalue weighted by Crippen LogP contribution is -2.03. The van der Waals surface area contributed by atoms with Gasteiger partial charge in [0.1, 0.15) is 11.9 Å². The Kier molecular flexibility index (Phi) is 3.78. The maximum atomic E-state index is 13.3. The molecule has 2 aromatic rings. The fraction of sp³-hybridized carbons (Fsp3) is 0.250. The molecule has 0 aliphatic rings. The van der Waals surface area contributed by atoms with Crippen LogP contribution in [0.4, 0.5) is 4.39 Å². The van der Waals surface area contributed by atoms with Gasteiger partial charge < -0.3 is 5.11 Å². The third-order valence-corrected chi connectivity index (χ3v) is 3.21. The second-order valence-corrected chi connectivity index (χ2v) is 4.50. The molecule has 18 heavy (non-hydrogen) atoms. The number of benzene rings is 2. The first-order chi connectivity index (χ1) is 8.61. The highest BCUT2D eigenvalue weighted by atomic mass is 19.1. The van der Waals surface area contributed by atoms with E-state index in [9.17, 15) is 9.50 Å². The Morgan fingerprint density at radius 3 is 2.67 bits per heavy atom. The van der Waals surface area contributed by atoms with Crippen molar-refractivity contribution in [1.82, 2.24) is 0 Å². The maximum Gasteiger partial charge on any atom is 0.123 e. The highest BCUT2D eigenvalue weighted by molar-refractivity contribution is 5.37. The van der Waals surface area contributed by atoms with Crippen LogP contribution in [0.25, 0.3) is 0 Å². The van der Waals surface area contributed by atoms with Gasteiger partial charge in [0.2, 0.25) is 0 Å². The fourth-order valence-corrected chi connectivity index (χ4v) is 2.07. The monoisotopic (exact) mass is 244 g/mol. The average molecular weight is 244 g/mol. The lowest BCUT2D eigenvalue weighted by Gasteiger charge is -2.15. The molecular weight excluding hydrogens is 227 g/mol. The molecule has 0 saturated carbocycles. The van der Waals surface area contributed by atoms with Crippen LogP contribution >= 0.6 is 0 Å². The van der Waals surface area contributed by atoms with Crippen molar-refractivity contribution in [1.29, 1.82) is 0 Å². The quantitative estimate of drug-likeness (QED) is 0.871. The molecule has 0 fully saturated rings. The molecule has 1 unspecified atom stereocenters. The largest absolute Gasteiger partial charge is 0.384 e. The molecule has 0 aliphatic carbocycles. The second-order valence-electron chi connectivity index (χ2n) is 4.50. The molecule has 0 heterocycles. The van der Waals surface area contributed by atoms with Gasteiger partial charge in [0.25, 0.3) is 0 Å². The number of hydrogen-bond acceptors (Lipinski definition) is 1. The smallest absolute Gasteiger partial charge is 0.123 e. The summed E-state index contributed by atoms with van der Waals surface area (Å²) in [6, 6.07) is 12.3. The molecule has 2 heteroatoms. The van der Waals surface area contributed by atoms with E-state index in [1.165, 1.54) is 17.7 Å². The number of hydrogen-bond donors (Lipinski definition) is 1. The standard InChI is InChI=1S/C16H17FO/c1-3-12-5-4-6-13(9-12)16(18)15-10-14(17)8-7-11(15)2/h4-10,16,18H,3H2,1-2H3. The number of rotatable bonds is 3. The van der Waals surface area contributed by atoms with Gasteiger partial charge in [-0.25, -0.2) is 4.39 Å². The van der Waals surface area contributed by atoms with Crippen molar-refractivity contribution in [2.75, 3.05) is 0 Å². The van der Waals surface area contributed by atoms with E-state index in [1.807, 2.05) is 31.2 Å². The number of aryl methyl sites for hydroxylation is 2. The van der Waals surface area contributed by atoms with Crippen molar-refractivity contribution in [3.05, 3.63) is 70.5 Å². The van der Waals surface area contributed by atoms with Crippen molar-refractivity contribution < 1.29 is 9.50 Å². The summed E-state index contributed by atoms with van der Waals surface area (Å²) in [7, 11) is 0. The summed E-state index contributed by atoms with van der Waals surface area (Å²) in [5, 5.41) is 10.4. The van der Waals surface area contributed by atoms with Crippen LogP contribution in [-0.2, 0) is 6.42 Å². The van der Waals surface area contributed by atoms with Gasteiger partial charge in [0, 0.05) is 0 Å². The molecular formula is C16H17FO. The summed E-state index contributed by atoms with van der Waals surface area (Å²) in [5.41, 5.74) is 3.50. The van der Waals surface area contributed by atoms with E-state index in [0.717, 1.165) is 17.5 Å². The van der Waals surface area contributed by atoms with Crippen LogP contribution in [0.2, 0.25) is 0 Å². The van der Waals surface area contributed by atoms with Crippen LogP contribution < -0.4 is 0 Å². The summed E-state index contributed by atoms with van der Waals surface area (Å²) in [6.07, 6.45) is 0.148. The highest BCUT2D eigenvalue weighted by Gasteiger charge is 2.13. The summed E-state index contributed by atoms with van der Waals surface area (Å²) in [6.45, 7) is 3.95. The minimum absolute atomic E-state index is 0.318. The molecule has 1 N–H and O–H groups in total. The molecule has 0 aliphatic heterocycles. The zero-order valence-corrected chi connectivity index (χ0v) is 10.7. The van der Waals surface area contributed by atoms with Gasteiger partial charge in [-0.3, -0.25) is 0 Å². The van der Waals surface area contributed by atoms with E-state index in [2.05, 4.69) is 6.92 Å². The molecule has 2 aromatic carbocycles. The molecule has 0 spiro atoms. The van der Waals surface area contributed by atoms with Crippen molar-refractivity contribution >= 4 is 0 Å². The summed E-state index contributed by atoms with van der Waals surface area (Å²) < 4.78 is 13.3. The SMILES string of the molecule is CCc1cccc(C(O)c2cc(F)ccc2C)c1. The van der Waals surface area contributed by atoms with Crippen LogP contribution in [0.5, 0.6) is 0 Å². The van der Waals surface area contributed by atoms with Gasteiger partial charge in [0.15, 0.2) is 0 Å². The van der Waals surface area contributed by atoms with Gasteiger partial charge in [-0.1, -0.05) is 37.3 Å². The van der Waals surface area contributed by atoms with Crippen molar-refractivity contribution in [2.45, 2.75) is 26.4 Å². The Morgan fingerprint density at radius 2 is 1.94 bits per heavy atom. The maximum absolute atomic E-state index is 13.3. The van der Waals surface area contributed by atoms with Crippen molar-refractivity contribution in [2.24, 2.45) is 0 Å². The minimum Gasteiger partial charge on any atom is -0.384 e. The fourth-order valence-electron chi connectivity index (χ4n) is 2.07. The summed E-state index contributed by atoms with van der Waals surface area (Å²) >= 11 is 0. The molecule has 0 radical (unpaired) electrons. The van der Waals surface area contributed by atoms with E-state index in [-0.39, 0.29) is 5.82 Å². The molecule has 0 bridgehead atoms. The van der Waals surface area contributed by atoms with Gasteiger partial charge >= 0.3 is 0 Å². The first-order valence-corrected chi connectivity index (χ1v) is 6.14. The zero-order chi connectivity index (χ0) is 13.1. The van der Waals surface area contributed by atoms with Crippen LogP contribution in [0.3, 0.4) is 0 Å². The first-order valence-electron chi connectivity index (χ1n) is 6.14. The molecule has 94 valence electrons. The second kappa shape index (κ2) is 5.32. The van der Waals surface area contributed by atoms with Crippen LogP contribution in [0.1, 0.15) is 35.3 Å². The van der Waals surface area contributed by atoms with E-state index in [0.29, 0.717) is 5.56 Å². The molecule has 0 aromatic heterocycles. The molecule has 1 nitrogen and oxygen atoms in total. The lowest BCUT2D eigenvalue weighted by molar-refractivity contribution is 0.219. The van der Waals surface area contributed by atoms with Crippen molar-refractivity contribution in [3.63, 3.8) is 0 Å². The highest BCUT2D eigenvalue weighted by Crippen LogP contribution is 2.26. The molecule has 0 saturated heterocycles. The van der Waals surface area contributed by atoms with Crippen LogP contribution in [0, 0.1) is 12.7 Å². The van der Waals surface area contributed by atoms with Crippen LogP contribution in [0.15, 0.2) is 42.5 Å². The van der Waals surface area contributed by atoms with Gasteiger partial charge in [-0.15, -0.1) is 0 Å². The third kappa shape index (κ3) is 2.59. The average Bonchev–Trinajstić information content (AvgIpc) is 2.41. The van der Waals surface area contributed by atoms with E-state index >= 15 is 0 Å². The molecule has 1 atom stereocenters. The topological polar surface area (TPSA) is 20.2 Å².